The van der Waals surface area contributed by atoms with E-state index in [-0.39, 0.29) is 18.2 Å². The first-order chi connectivity index (χ1) is 18.9. The average molecular weight is 536 g/mol. The van der Waals surface area contributed by atoms with Gasteiger partial charge in [-0.2, -0.15) is 5.26 Å². The summed E-state index contributed by atoms with van der Waals surface area (Å²) in [7, 11) is 3.14. The Morgan fingerprint density at radius 2 is 1.69 bits per heavy atom. The van der Waals surface area contributed by atoms with Gasteiger partial charge in [-0.25, -0.2) is 9.88 Å². The summed E-state index contributed by atoms with van der Waals surface area (Å²) < 4.78 is 11.1. The van der Waals surface area contributed by atoms with E-state index >= 15 is 0 Å². The van der Waals surface area contributed by atoms with Crippen LogP contribution in [-0.2, 0) is 9.59 Å². The van der Waals surface area contributed by atoms with Gasteiger partial charge in [-0.15, -0.1) is 0 Å². The monoisotopic (exact) mass is 535 g/mol. The van der Waals surface area contributed by atoms with Crippen molar-refractivity contribution in [2.24, 2.45) is 0 Å². The predicted molar refractivity (Wildman–Crippen MR) is 151 cm³/mol. The second kappa shape index (κ2) is 11.0. The Labute approximate surface area is 231 Å². The molecule has 0 aliphatic carbocycles. The van der Waals surface area contributed by atoms with Crippen LogP contribution in [-0.4, -0.2) is 36.3 Å². The molecular formula is C31H25N3O4S. The van der Waals surface area contributed by atoms with E-state index in [1.165, 1.54) is 4.90 Å². The molecule has 1 aromatic heterocycles. The molecule has 2 heterocycles. The highest BCUT2D eigenvalue weighted by molar-refractivity contribution is 8.00. The number of nitrogens with zero attached hydrogens (tertiary/aromatic N) is 3. The minimum atomic E-state index is -0.718. The number of aryl methyl sites for hydroxylation is 1. The van der Waals surface area contributed by atoms with Gasteiger partial charge >= 0.3 is 0 Å². The molecule has 1 saturated heterocycles. The van der Waals surface area contributed by atoms with Crippen LogP contribution in [0.15, 0.2) is 83.9 Å². The molecule has 4 aromatic rings. The number of ether oxygens (including phenoxy) is 2. The van der Waals surface area contributed by atoms with E-state index in [9.17, 15) is 14.9 Å². The zero-order chi connectivity index (χ0) is 27.5. The quantitative estimate of drug-likeness (QED) is 0.267. The topological polar surface area (TPSA) is 92.5 Å². The van der Waals surface area contributed by atoms with Gasteiger partial charge < -0.3 is 9.47 Å². The van der Waals surface area contributed by atoms with E-state index in [0.717, 1.165) is 22.9 Å². The van der Waals surface area contributed by atoms with Gasteiger partial charge in [0, 0.05) is 23.1 Å². The number of thioether (sulfide) groups is 1. The van der Waals surface area contributed by atoms with Gasteiger partial charge in [0.05, 0.1) is 36.4 Å². The molecule has 2 amide bonds. The molecule has 0 spiro atoms. The molecule has 8 heteroatoms. The fourth-order valence-corrected chi connectivity index (χ4v) is 5.63. The Kier molecular flexibility index (Phi) is 7.35. The van der Waals surface area contributed by atoms with Crippen LogP contribution in [0.3, 0.4) is 0 Å². The van der Waals surface area contributed by atoms with Crippen molar-refractivity contribution in [3.05, 3.63) is 90.0 Å². The largest absolute Gasteiger partial charge is 0.497 e. The predicted octanol–water partition coefficient (Wildman–Crippen LogP) is 6.04. The van der Waals surface area contributed by atoms with Gasteiger partial charge in [-0.1, -0.05) is 59.8 Å². The fraction of sp³-hybridized carbons (Fsp3) is 0.161. The first kappa shape index (κ1) is 26.0. The maximum atomic E-state index is 13.4. The van der Waals surface area contributed by atoms with Gasteiger partial charge in [0.1, 0.15) is 22.6 Å². The minimum absolute atomic E-state index is 0.0112. The molecule has 39 heavy (non-hydrogen) atoms. The van der Waals surface area contributed by atoms with Crippen molar-refractivity contribution >= 4 is 29.3 Å². The maximum Gasteiger partial charge on any atom is 0.247 e. The average Bonchev–Trinajstić information content (AvgIpc) is 3.25. The van der Waals surface area contributed by atoms with Crippen LogP contribution < -0.4 is 14.4 Å². The number of pyridine rings is 1. The lowest BCUT2D eigenvalue weighted by Crippen LogP contribution is -2.31. The smallest absolute Gasteiger partial charge is 0.247 e. The molecule has 7 nitrogen and oxygen atoms in total. The Morgan fingerprint density at radius 3 is 2.36 bits per heavy atom. The zero-order valence-electron chi connectivity index (χ0n) is 21.7. The van der Waals surface area contributed by atoms with Crippen molar-refractivity contribution in [2.75, 3.05) is 19.1 Å². The number of hydrogen-bond donors (Lipinski definition) is 0. The van der Waals surface area contributed by atoms with Crippen LogP contribution in [0.25, 0.3) is 22.4 Å². The van der Waals surface area contributed by atoms with E-state index in [4.69, 9.17) is 14.5 Å². The molecule has 0 bridgehead atoms. The standard InChI is InChI=1S/C31H25N3O4S/c1-19-9-11-21(12-10-19)34-29(35)17-28(31(34)36)39-30-25(18-32)23(16-26(33-30)20-7-5-4-6-8-20)24-15-22(37-2)13-14-27(24)38-3/h4-16,28H,17H2,1-3H3/t28-/m1/s1. The van der Waals surface area contributed by atoms with Crippen LogP contribution in [0.4, 0.5) is 5.69 Å². The summed E-state index contributed by atoms with van der Waals surface area (Å²) in [4.78, 5) is 32.4. The summed E-state index contributed by atoms with van der Waals surface area (Å²) in [6, 6.07) is 26.4. The number of nitriles is 1. The molecule has 1 aliphatic rings. The molecule has 1 fully saturated rings. The summed E-state index contributed by atoms with van der Waals surface area (Å²) >= 11 is 1.14. The van der Waals surface area contributed by atoms with E-state index in [2.05, 4.69) is 6.07 Å². The van der Waals surface area contributed by atoms with Crippen LogP contribution >= 0.6 is 11.8 Å². The van der Waals surface area contributed by atoms with Crippen molar-refractivity contribution in [1.29, 1.82) is 5.26 Å². The first-order valence-corrected chi connectivity index (χ1v) is 13.1. The van der Waals surface area contributed by atoms with Crippen LogP contribution in [0.2, 0.25) is 0 Å². The summed E-state index contributed by atoms with van der Waals surface area (Å²) in [5.74, 6) is 0.553. The third kappa shape index (κ3) is 5.09. The molecule has 194 valence electrons. The van der Waals surface area contributed by atoms with Gasteiger partial charge in [0.15, 0.2) is 0 Å². The molecule has 1 aliphatic heterocycles. The third-order valence-corrected chi connectivity index (χ3v) is 7.69. The number of hydrogen-bond acceptors (Lipinski definition) is 7. The Hall–Kier alpha value is -4.61. The van der Waals surface area contributed by atoms with Gasteiger partial charge in [0.25, 0.3) is 0 Å². The van der Waals surface area contributed by atoms with Crippen molar-refractivity contribution in [2.45, 2.75) is 23.6 Å². The van der Waals surface area contributed by atoms with Crippen molar-refractivity contribution in [3.8, 4) is 40.0 Å². The third-order valence-electron chi connectivity index (χ3n) is 6.52. The van der Waals surface area contributed by atoms with Crippen molar-refractivity contribution in [1.82, 2.24) is 4.98 Å². The number of benzene rings is 3. The first-order valence-electron chi connectivity index (χ1n) is 12.3. The summed E-state index contributed by atoms with van der Waals surface area (Å²) in [5.41, 5.74) is 4.59. The van der Waals surface area contributed by atoms with E-state index in [1.54, 1.807) is 38.5 Å². The van der Waals surface area contributed by atoms with Crippen LogP contribution in [0.1, 0.15) is 17.5 Å². The highest BCUT2D eigenvalue weighted by atomic mass is 32.2. The molecule has 0 N–H and O–H groups in total. The fourth-order valence-electron chi connectivity index (χ4n) is 4.50. The molecular weight excluding hydrogens is 510 g/mol. The number of anilines is 1. The molecule has 1 atom stereocenters. The molecule has 5 rings (SSSR count). The number of rotatable bonds is 7. The second-order valence-corrected chi connectivity index (χ2v) is 10.2. The molecule has 0 saturated carbocycles. The number of carbonyl (C=O) groups excluding carboxylic acids is 2. The normalized spacial score (nSPS) is 14.8. The number of carbonyl (C=O) groups is 2. The van der Waals surface area contributed by atoms with E-state index in [1.807, 2.05) is 61.5 Å². The Balaban J connectivity index is 1.62. The van der Waals surface area contributed by atoms with Crippen molar-refractivity contribution < 1.29 is 19.1 Å². The number of amides is 2. The lowest BCUT2D eigenvalue weighted by molar-refractivity contribution is -0.121. The van der Waals surface area contributed by atoms with Gasteiger partial charge in [0.2, 0.25) is 11.8 Å². The minimum Gasteiger partial charge on any atom is -0.497 e. The summed E-state index contributed by atoms with van der Waals surface area (Å²) in [6.07, 6.45) is 0.0112. The number of imide groups is 1. The lowest BCUT2D eigenvalue weighted by atomic mass is 9.98. The van der Waals surface area contributed by atoms with Crippen LogP contribution in [0.5, 0.6) is 11.5 Å². The Morgan fingerprint density at radius 1 is 0.949 bits per heavy atom. The van der Waals surface area contributed by atoms with Gasteiger partial charge in [-0.05, 0) is 43.3 Å². The van der Waals surface area contributed by atoms with E-state index < -0.39 is 5.25 Å². The van der Waals surface area contributed by atoms with E-state index in [0.29, 0.717) is 44.6 Å². The highest BCUT2D eigenvalue weighted by Gasteiger charge is 2.41. The maximum absolute atomic E-state index is 13.4. The molecule has 0 unspecified atom stereocenters. The SMILES string of the molecule is COc1ccc(OC)c(-c2cc(-c3ccccc3)nc(S[C@@H]3CC(=O)N(c4ccc(C)cc4)C3=O)c2C#N)c1. The second-order valence-electron chi connectivity index (χ2n) is 8.99. The number of aromatic nitrogens is 1. The van der Waals surface area contributed by atoms with Gasteiger partial charge in [-0.3, -0.25) is 9.59 Å². The van der Waals surface area contributed by atoms with Crippen molar-refractivity contribution in [3.63, 3.8) is 0 Å². The summed E-state index contributed by atoms with van der Waals surface area (Å²) in [5, 5.41) is 9.98. The molecule has 0 radical (unpaired) electrons. The molecule has 3 aromatic carbocycles. The number of methoxy groups -OCH3 is 2. The summed E-state index contributed by atoms with van der Waals surface area (Å²) in [6.45, 7) is 1.94. The van der Waals surface area contributed by atoms with Crippen LogP contribution in [0, 0.1) is 18.3 Å². The highest BCUT2D eigenvalue weighted by Crippen LogP contribution is 2.42. The Bertz CT molecular complexity index is 1600. The lowest BCUT2D eigenvalue weighted by Gasteiger charge is -2.17. The zero-order valence-corrected chi connectivity index (χ0v) is 22.5.